The van der Waals surface area contributed by atoms with Crippen LogP contribution in [0.4, 0.5) is 14.9 Å². The van der Waals surface area contributed by atoms with Gasteiger partial charge in [0.25, 0.3) is 0 Å². The van der Waals surface area contributed by atoms with E-state index in [0.29, 0.717) is 17.8 Å². The van der Waals surface area contributed by atoms with Crippen LogP contribution in [-0.4, -0.2) is 72.1 Å². The largest absolute Gasteiger partial charge is 0.322 e. The molecule has 0 bridgehead atoms. The number of rotatable bonds is 4. The number of anilines is 1. The number of likely N-dealkylation sites (tertiary alicyclic amines) is 1. The fourth-order valence-corrected chi connectivity index (χ4v) is 3.86. The van der Waals surface area contributed by atoms with E-state index in [1.165, 1.54) is 25.0 Å². The van der Waals surface area contributed by atoms with E-state index in [0.717, 1.165) is 39.3 Å². The first-order valence-corrected chi connectivity index (χ1v) is 9.32. The molecule has 6 heteroatoms. The van der Waals surface area contributed by atoms with Crippen molar-refractivity contribution in [2.45, 2.75) is 38.8 Å². The monoisotopic (exact) mass is 348 g/mol. The predicted octanol–water partition coefficient (Wildman–Crippen LogP) is 2.85. The molecule has 0 saturated carbocycles. The summed E-state index contributed by atoms with van der Waals surface area (Å²) in [6.07, 6.45) is 2.61. The standard InChI is InChI=1S/C19H29FN4O/c1-15-3-4-16(2)24(15)14-11-22-9-12-23(13-10-22)19(25)21-18-7-5-17(20)6-8-18/h5-8,15-16H,3-4,9-14H2,1-2H3,(H,21,25)/t15-,16+. The Labute approximate surface area is 149 Å². The van der Waals surface area contributed by atoms with E-state index in [1.807, 2.05) is 4.90 Å². The molecule has 138 valence electrons. The maximum Gasteiger partial charge on any atom is 0.321 e. The van der Waals surface area contributed by atoms with E-state index in [1.54, 1.807) is 12.1 Å². The summed E-state index contributed by atoms with van der Waals surface area (Å²) < 4.78 is 12.9. The van der Waals surface area contributed by atoms with Gasteiger partial charge in [0.2, 0.25) is 0 Å². The van der Waals surface area contributed by atoms with Gasteiger partial charge in [0.1, 0.15) is 5.82 Å². The van der Waals surface area contributed by atoms with Crippen LogP contribution in [0.25, 0.3) is 0 Å². The number of hydrogen-bond acceptors (Lipinski definition) is 3. The molecule has 3 rings (SSSR count). The van der Waals surface area contributed by atoms with Crippen LogP contribution in [0.2, 0.25) is 0 Å². The molecule has 0 radical (unpaired) electrons. The van der Waals surface area contributed by atoms with Crippen LogP contribution in [0.3, 0.4) is 0 Å². The average molecular weight is 348 g/mol. The molecule has 2 saturated heterocycles. The van der Waals surface area contributed by atoms with Crippen LogP contribution in [0.15, 0.2) is 24.3 Å². The molecule has 2 amide bonds. The van der Waals surface area contributed by atoms with Gasteiger partial charge in [-0.25, -0.2) is 9.18 Å². The fraction of sp³-hybridized carbons (Fsp3) is 0.632. The molecule has 1 aromatic carbocycles. The smallest absolute Gasteiger partial charge is 0.321 e. The van der Waals surface area contributed by atoms with Gasteiger partial charge in [-0.15, -0.1) is 0 Å². The first kappa shape index (κ1) is 18.1. The Morgan fingerprint density at radius 1 is 1.04 bits per heavy atom. The second-order valence-corrected chi connectivity index (χ2v) is 7.28. The topological polar surface area (TPSA) is 38.8 Å². The zero-order valence-corrected chi connectivity index (χ0v) is 15.2. The van der Waals surface area contributed by atoms with E-state index in [2.05, 4.69) is 29.0 Å². The lowest BCUT2D eigenvalue weighted by atomic mass is 10.2. The number of halogens is 1. The molecule has 2 fully saturated rings. The molecule has 1 N–H and O–H groups in total. The fourth-order valence-electron chi connectivity index (χ4n) is 3.86. The third-order valence-corrected chi connectivity index (χ3v) is 5.56. The van der Waals surface area contributed by atoms with Gasteiger partial charge in [0, 0.05) is 57.0 Å². The number of carbonyl (C=O) groups is 1. The first-order valence-electron chi connectivity index (χ1n) is 9.32. The lowest BCUT2D eigenvalue weighted by Crippen LogP contribution is -2.51. The Morgan fingerprint density at radius 2 is 1.64 bits per heavy atom. The number of nitrogens with one attached hydrogen (secondary N) is 1. The maximum absolute atomic E-state index is 12.9. The number of amides is 2. The van der Waals surface area contributed by atoms with Crippen LogP contribution in [0, 0.1) is 5.82 Å². The molecule has 0 spiro atoms. The molecule has 2 aliphatic heterocycles. The molecule has 25 heavy (non-hydrogen) atoms. The van der Waals surface area contributed by atoms with Crippen LogP contribution in [-0.2, 0) is 0 Å². The number of hydrogen-bond donors (Lipinski definition) is 1. The molecule has 0 aromatic heterocycles. The normalized spacial score (nSPS) is 25.3. The van der Waals surface area contributed by atoms with Crippen LogP contribution < -0.4 is 5.32 Å². The third kappa shape index (κ3) is 4.70. The van der Waals surface area contributed by atoms with Crippen molar-refractivity contribution < 1.29 is 9.18 Å². The van der Waals surface area contributed by atoms with Gasteiger partial charge >= 0.3 is 6.03 Å². The Morgan fingerprint density at radius 3 is 2.24 bits per heavy atom. The van der Waals surface area contributed by atoms with Gasteiger partial charge in [0.15, 0.2) is 0 Å². The summed E-state index contributed by atoms with van der Waals surface area (Å²) in [5.41, 5.74) is 0.630. The van der Waals surface area contributed by atoms with Crippen molar-refractivity contribution in [3.63, 3.8) is 0 Å². The van der Waals surface area contributed by atoms with Crippen LogP contribution in [0.1, 0.15) is 26.7 Å². The number of piperazine rings is 1. The van der Waals surface area contributed by atoms with Gasteiger partial charge in [0.05, 0.1) is 0 Å². The van der Waals surface area contributed by atoms with Gasteiger partial charge < -0.3 is 10.2 Å². The summed E-state index contributed by atoms with van der Waals surface area (Å²) >= 11 is 0. The van der Waals surface area contributed by atoms with Crippen LogP contribution >= 0.6 is 0 Å². The van der Waals surface area contributed by atoms with Crippen molar-refractivity contribution in [3.8, 4) is 0 Å². The zero-order valence-electron chi connectivity index (χ0n) is 15.2. The minimum Gasteiger partial charge on any atom is -0.322 e. The maximum atomic E-state index is 12.9. The number of carbonyl (C=O) groups excluding carboxylic acids is 1. The Bertz CT molecular complexity index is 561. The van der Waals surface area contributed by atoms with Crippen LogP contribution in [0.5, 0.6) is 0 Å². The summed E-state index contributed by atoms with van der Waals surface area (Å²) in [6.45, 7) is 10.1. The SMILES string of the molecule is C[C@@H]1CC[C@H](C)N1CCN1CCN(C(=O)Nc2ccc(F)cc2)CC1. The Balaban J connectivity index is 1.40. The molecule has 0 aliphatic carbocycles. The minimum atomic E-state index is -0.298. The molecule has 5 nitrogen and oxygen atoms in total. The van der Waals surface area contributed by atoms with Crippen molar-refractivity contribution in [1.82, 2.24) is 14.7 Å². The lowest BCUT2D eigenvalue weighted by molar-refractivity contribution is 0.123. The summed E-state index contributed by atoms with van der Waals surface area (Å²) in [4.78, 5) is 19.2. The van der Waals surface area contributed by atoms with Gasteiger partial charge in [-0.3, -0.25) is 9.80 Å². The minimum absolute atomic E-state index is 0.104. The predicted molar refractivity (Wildman–Crippen MR) is 98.3 cm³/mol. The second-order valence-electron chi connectivity index (χ2n) is 7.28. The van der Waals surface area contributed by atoms with E-state index in [9.17, 15) is 9.18 Å². The van der Waals surface area contributed by atoms with Crippen molar-refractivity contribution in [2.75, 3.05) is 44.6 Å². The highest BCUT2D eigenvalue weighted by Gasteiger charge is 2.28. The van der Waals surface area contributed by atoms with E-state index in [4.69, 9.17) is 0 Å². The highest BCUT2D eigenvalue weighted by molar-refractivity contribution is 5.89. The molecule has 0 unspecified atom stereocenters. The number of benzene rings is 1. The third-order valence-electron chi connectivity index (χ3n) is 5.56. The Kier molecular flexibility index (Phi) is 5.91. The van der Waals surface area contributed by atoms with E-state index in [-0.39, 0.29) is 11.8 Å². The van der Waals surface area contributed by atoms with Gasteiger partial charge in [-0.1, -0.05) is 0 Å². The zero-order chi connectivity index (χ0) is 17.8. The second kappa shape index (κ2) is 8.15. The molecular formula is C19H29FN4O. The Hall–Kier alpha value is -1.66. The first-order chi connectivity index (χ1) is 12.0. The van der Waals surface area contributed by atoms with E-state index < -0.39 is 0 Å². The summed E-state index contributed by atoms with van der Waals surface area (Å²) in [5.74, 6) is -0.298. The van der Waals surface area contributed by atoms with Crippen molar-refractivity contribution in [1.29, 1.82) is 0 Å². The van der Waals surface area contributed by atoms with Crippen molar-refractivity contribution in [3.05, 3.63) is 30.1 Å². The molecular weight excluding hydrogens is 319 g/mol. The number of urea groups is 1. The molecule has 2 aliphatic rings. The van der Waals surface area contributed by atoms with Gasteiger partial charge in [-0.2, -0.15) is 0 Å². The highest BCUT2D eigenvalue weighted by atomic mass is 19.1. The summed E-state index contributed by atoms with van der Waals surface area (Å²) in [6, 6.07) is 7.16. The molecule has 2 atom stereocenters. The average Bonchev–Trinajstić information content (AvgIpc) is 2.93. The summed E-state index contributed by atoms with van der Waals surface area (Å²) in [5, 5.41) is 2.84. The van der Waals surface area contributed by atoms with Gasteiger partial charge in [-0.05, 0) is 51.0 Å². The number of nitrogens with zero attached hydrogens (tertiary/aromatic N) is 3. The highest BCUT2D eigenvalue weighted by Crippen LogP contribution is 2.22. The quantitative estimate of drug-likeness (QED) is 0.909. The molecule has 1 aromatic rings. The van der Waals surface area contributed by atoms with E-state index >= 15 is 0 Å². The lowest BCUT2D eigenvalue weighted by Gasteiger charge is -2.36. The molecule has 2 heterocycles. The van der Waals surface area contributed by atoms with Crippen molar-refractivity contribution in [2.24, 2.45) is 0 Å². The van der Waals surface area contributed by atoms with Crippen molar-refractivity contribution >= 4 is 11.7 Å². The summed E-state index contributed by atoms with van der Waals surface area (Å²) in [7, 11) is 0.